The topological polar surface area (TPSA) is 59.3 Å². The third-order valence-electron chi connectivity index (χ3n) is 3.55. The number of fused-ring (bicyclic) bond motifs is 1. The average Bonchev–Trinajstić information content (AvgIpc) is 2.91. The lowest BCUT2D eigenvalue weighted by Crippen LogP contribution is -2.30. The van der Waals surface area contributed by atoms with Gasteiger partial charge in [0.05, 0.1) is 22.2 Å². The molecule has 21 heavy (non-hydrogen) atoms. The van der Waals surface area contributed by atoms with Crippen molar-refractivity contribution in [1.29, 1.82) is 0 Å². The number of hydrogen-bond acceptors (Lipinski definition) is 3. The van der Waals surface area contributed by atoms with Gasteiger partial charge in [0, 0.05) is 16.5 Å². The molecule has 2 aromatic rings. The first-order chi connectivity index (χ1) is 9.97. The van der Waals surface area contributed by atoms with E-state index in [9.17, 15) is 8.42 Å². The average molecular weight is 391 g/mol. The Hall–Kier alpha value is -0.820. The SMILES string of the molecule is O=S(=O)(NC1CCCc2occc21)c1ccc(Cl)c(Br)c1. The molecule has 0 saturated heterocycles. The van der Waals surface area contributed by atoms with Gasteiger partial charge in [-0.2, -0.15) is 0 Å². The molecular weight excluding hydrogens is 378 g/mol. The number of halogens is 2. The number of furan rings is 1. The lowest BCUT2D eigenvalue weighted by molar-refractivity contribution is 0.438. The highest BCUT2D eigenvalue weighted by molar-refractivity contribution is 9.10. The van der Waals surface area contributed by atoms with Crippen LogP contribution in [0.5, 0.6) is 0 Å². The molecule has 7 heteroatoms. The Labute approximate surface area is 136 Å². The lowest BCUT2D eigenvalue weighted by Gasteiger charge is -2.22. The van der Waals surface area contributed by atoms with Gasteiger partial charge in [-0.25, -0.2) is 13.1 Å². The van der Waals surface area contributed by atoms with E-state index in [0.717, 1.165) is 30.6 Å². The summed E-state index contributed by atoms with van der Waals surface area (Å²) in [5.41, 5.74) is 0.929. The first kappa shape index (κ1) is 15.1. The van der Waals surface area contributed by atoms with Crippen molar-refractivity contribution in [2.75, 3.05) is 0 Å². The van der Waals surface area contributed by atoms with Gasteiger partial charge in [0.1, 0.15) is 5.76 Å². The third-order valence-corrected chi connectivity index (χ3v) is 6.23. The Morgan fingerprint density at radius 3 is 2.90 bits per heavy atom. The predicted molar refractivity (Wildman–Crippen MR) is 83.9 cm³/mol. The van der Waals surface area contributed by atoms with Crippen LogP contribution >= 0.6 is 27.5 Å². The number of nitrogens with one attached hydrogen (secondary N) is 1. The Kier molecular flexibility index (Phi) is 4.14. The Balaban J connectivity index is 1.89. The zero-order valence-corrected chi connectivity index (χ0v) is 14.1. The number of hydrogen-bond donors (Lipinski definition) is 1. The van der Waals surface area contributed by atoms with Crippen molar-refractivity contribution >= 4 is 37.6 Å². The maximum Gasteiger partial charge on any atom is 0.241 e. The van der Waals surface area contributed by atoms with Crippen LogP contribution in [0.15, 0.2) is 44.3 Å². The lowest BCUT2D eigenvalue weighted by atomic mass is 9.94. The van der Waals surface area contributed by atoms with Crippen molar-refractivity contribution in [3.8, 4) is 0 Å². The van der Waals surface area contributed by atoms with Crippen molar-refractivity contribution < 1.29 is 12.8 Å². The van der Waals surface area contributed by atoms with Crippen molar-refractivity contribution in [3.05, 3.63) is 51.3 Å². The molecule has 0 aliphatic heterocycles. The second kappa shape index (κ2) is 5.76. The van der Waals surface area contributed by atoms with E-state index in [1.54, 1.807) is 12.3 Å². The summed E-state index contributed by atoms with van der Waals surface area (Å²) in [5.74, 6) is 0.867. The molecule has 0 radical (unpaired) electrons. The van der Waals surface area contributed by atoms with Crippen LogP contribution in [0.4, 0.5) is 0 Å². The molecule has 1 aromatic carbocycles. The van der Waals surface area contributed by atoms with Crippen molar-refractivity contribution in [3.63, 3.8) is 0 Å². The van der Waals surface area contributed by atoms with Crippen LogP contribution in [0.3, 0.4) is 0 Å². The van der Waals surface area contributed by atoms with Crippen LogP contribution in [0.1, 0.15) is 30.2 Å². The molecule has 1 unspecified atom stereocenters. The molecule has 1 aromatic heterocycles. The second-order valence-electron chi connectivity index (χ2n) is 4.94. The van der Waals surface area contributed by atoms with Gasteiger partial charge in [-0.05, 0) is 53.0 Å². The maximum absolute atomic E-state index is 12.5. The van der Waals surface area contributed by atoms with E-state index in [1.807, 2.05) is 6.07 Å². The van der Waals surface area contributed by atoms with E-state index < -0.39 is 10.0 Å². The van der Waals surface area contributed by atoms with Crippen LogP contribution in [0.2, 0.25) is 5.02 Å². The number of rotatable bonds is 3. The monoisotopic (exact) mass is 389 g/mol. The summed E-state index contributed by atoms with van der Waals surface area (Å²) in [6.07, 6.45) is 4.13. The van der Waals surface area contributed by atoms with E-state index in [0.29, 0.717) is 9.50 Å². The molecule has 0 saturated carbocycles. The van der Waals surface area contributed by atoms with Gasteiger partial charge in [0.25, 0.3) is 0 Å². The van der Waals surface area contributed by atoms with Gasteiger partial charge in [-0.15, -0.1) is 0 Å². The highest BCUT2D eigenvalue weighted by Gasteiger charge is 2.27. The molecule has 0 amide bonds. The molecule has 1 aliphatic carbocycles. The summed E-state index contributed by atoms with van der Waals surface area (Å²) in [4.78, 5) is 0.189. The second-order valence-corrected chi connectivity index (χ2v) is 7.92. The summed E-state index contributed by atoms with van der Waals surface area (Å²) >= 11 is 9.14. The van der Waals surface area contributed by atoms with E-state index in [-0.39, 0.29) is 10.9 Å². The molecule has 0 bridgehead atoms. The summed E-state index contributed by atoms with van der Waals surface area (Å²) in [6.45, 7) is 0. The number of sulfonamides is 1. The van der Waals surface area contributed by atoms with Gasteiger partial charge >= 0.3 is 0 Å². The number of aryl methyl sites for hydroxylation is 1. The fraction of sp³-hybridized carbons (Fsp3) is 0.286. The number of benzene rings is 1. The quantitative estimate of drug-likeness (QED) is 0.860. The Morgan fingerprint density at radius 2 is 2.14 bits per heavy atom. The minimum absolute atomic E-state index is 0.189. The molecule has 112 valence electrons. The van der Waals surface area contributed by atoms with Crippen LogP contribution in [-0.2, 0) is 16.4 Å². The van der Waals surface area contributed by atoms with E-state index in [4.69, 9.17) is 16.0 Å². The van der Waals surface area contributed by atoms with Crippen LogP contribution < -0.4 is 4.72 Å². The fourth-order valence-corrected chi connectivity index (χ4v) is 4.43. The van der Waals surface area contributed by atoms with Crippen LogP contribution in [0, 0.1) is 0 Å². The van der Waals surface area contributed by atoms with E-state index >= 15 is 0 Å². The van der Waals surface area contributed by atoms with Crippen molar-refractivity contribution in [1.82, 2.24) is 4.72 Å². The van der Waals surface area contributed by atoms with Gasteiger partial charge in [-0.1, -0.05) is 11.6 Å². The normalized spacial score (nSPS) is 18.5. The van der Waals surface area contributed by atoms with Crippen LogP contribution in [-0.4, -0.2) is 8.42 Å². The fourth-order valence-electron chi connectivity index (χ4n) is 2.51. The van der Waals surface area contributed by atoms with Gasteiger partial charge in [0.2, 0.25) is 10.0 Å². The summed E-state index contributed by atoms with van der Waals surface area (Å²) in [5, 5.41) is 0.476. The van der Waals surface area contributed by atoms with Crippen molar-refractivity contribution in [2.45, 2.75) is 30.2 Å². The largest absolute Gasteiger partial charge is 0.469 e. The first-order valence-corrected chi connectivity index (χ1v) is 9.16. The minimum Gasteiger partial charge on any atom is -0.469 e. The molecule has 1 N–H and O–H groups in total. The molecule has 1 heterocycles. The Bertz CT molecular complexity index is 772. The molecule has 1 aliphatic rings. The smallest absolute Gasteiger partial charge is 0.241 e. The molecule has 4 nitrogen and oxygen atoms in total. The summed E-state index contributed by atoms with van der Waals surface area (Å²) in [7, 11) is -3.60. The van der Waals surface area contributed by atoms with Gasteiger partial charge in [0.15, 0.2) is 0 Å². The molecule has 0 spiro atoms. The molecule has 3 rings (SSSR count). The van der Waals surface area contributed by atoms with Gasteiger partial charge < -0.3 is 4.42 Å². The standard InChI is InChI=1S/C14H13BrClNO3S/c15-11-8-9(4-5-12(11)16)21(18,19)17-13-2-1-3-14-10(13)6-7-20-14/h4-8,13,17H,1-3H2. The zero-order valence-electron chi connectivity index (χ0n) is 11.0. The highest BCUT2D eigenvalue weighted by atomic mass is 79.9. The summed E-state index contributed by atoms with van der Waals surface area (Å²) in [6, 6.07) is 6.15. The van der Waals surface area contributed by atoms with E-state index in [2.05, 4.69) is 20.7 Å². The summed E-state index contributed by atoms with van der Waals surface area (Å²) < 4.78 is 33.7. The predicted octanol–water partition coefficient (Wildman–Crippen LogP) is 4.05. The molecule has 0 fully saturated rings. The Morgan fingerprint density at radius 1 is 1.33 bits per heavy atom. The van der Waals surface area contributed by atoms with E-state index in [1.165, 1.54) is 12.1 Å². The van der Waals surface area contributed by atoms with Crippen molar-refractivity contribution in [2.24, 2.45) is 0 Å². The highest BCUT2D eigenvalue weighted by Crippen LogP contribution is 2.32. The van der Waals surface area contributed by atoms with Crippen LogP contribution in [0.25, 0.3) is 0 Å². The first-order valence-electron chi connectivity index (χ1n) is 6.51. The maximum atomic E-state index is 12.5. The third kappa shape index (κ3) is 3.04. The molecule has 1 atom stereocenters. The minimum atomic E-state index is -3.60. The molecular formula is C14H13BrClNO3S. The zero-order chi connectivity index (χ0) is 15.0. The van der Waals surface area contributed by atoms with Gasteiger partial charge in [-0.3, -0.25) is 0 Å².